The van der Waals surface area contributed by atoms with E-state index in [1.165, 1.54) is 11.8 Å². The quantitative estimate of drug-likeness (QED) is 0.0288. The molecule has 15 atom stereocenters. The second kappa shape index (κ2) is 41.0. The molecule has 1 aromatic carbocycles. The second-order valence-electron chi connectivity index (χ2n) is 26.0. The molecule has 0 bridgehead atoms. The van der Waals surface area contributed by atoms with E-state index in [-0.39, 0.29) is 62.8 Å². The molecule has 2 rings (SSSR count). The molecular weight excluding hydrogens is 1220 g/mol. The van der Waals surface area contributed by atoms with Crippen molar-refractivity contribution in [3.63, 3.8) is 0 Å². The molecule has 0 saturated carbocycles. The van der Waals surface area contributed by atoms with Crippen LogP contribution in [0.3, 0.4) is 0 Å². The molecule has 11 amide bonds. The lowest BCUT2D eigenvalue weighted by Crippen LogP contribution is -2.63. The number of hydrogen-bond donors (Lipinski definition) is 16. The lowest BCUT2D eigenvalue weighted by molar-refractivity contribution is -0.145. The van der Waals surface area contributed by atoms with E-state index >= 15 is 0 Å². The summed E-state index contributed by atoms with van der Waals surface area (Å²) >= 11 is 4.09. The Labute approximate surface area is 553 Å². The molecule has 1 aliphatic heterocycles. The summed E-state index contributed by atoms with van der Waals surface area (Å²) < 4.78 is 0. The Balaban J connectivity index is 2.41. The van der Waals surface area contributed by atoms with Gasteiger partial charge in [0.25, 0.3) is 0 Å². The molecule has 0 spiro atoms. The van der Waals surface area contributed by atoms with Gasteiger partial charge in [0.1, 0.15) is 60.4 Å². The Morgan fingerprint density at radius 3 is 1.44 bits per heavy atom. The summed E-state index contributed by atoms with van der Waals surface area (Å²) in [6.45, 7) is 21.6. The van der Waals surface area contributed by atoms with Gasteiger partial charge in [0.2, 0.25) is 65.0 Å². The lowest BCUT2D eigenvalue weighted by atomic mass is 9.94. The van der Waals surface area contributed by atoms with E-state index in [9.17, 15) is 72.9 Å². The zero-order valence-electron chi connectivity index (χ0n) is 56.5. The molecule has 1 aromatic rings. The van der Waals surface area contributed by atoms with Crippen LogP contribution >= 0.6 is 12.6 Å². The van der Waals surface area contributed by atoms with Crippen molar-refractivity contribution in [2.24, 2.45) is 47.0 Å². The molecule has 0 unspecified atom stereocenters. The number of hydrogen-bond acceptors (Lipinski definition) is 17. The van der Waals surface area contributed by atoms with Gasteiger partial charge >= 0.3 is 5.97 Å². The van der Waals surface area contributed by atoms with Crippen LogP contribution in [0.1, 0.15) is 153 Å². The summed E-state index contributed by atoms with van der Waals surface area (Å²) in [6.07, 6.45) is 0.788. The first-order valence-electron chi connectivity index (χ1n) is 32.6. The van der Waals surface area contributed by atoms with E-state index in [0.717, 1.165) is 0 Å². The number of thiol groups is 1. The summed E-state index contributed by atoms with van der Waals surface area (Å²) in [6, 6.07) is -6.84. The van der Waals surface area contributed by atoms with Gasteiger partial charge in [0.05, 0.1) is 18.8 Å². The molecule has 93 heavy (non-hydrogen) atoms. The van der Waals surface area contributed by atoms with E-state index in [4.69, 9.17) is 11.5 Å². The largest absolute Gasteiger partial charge is 0.480 e. The van der Waals surface area contributed by atoms with Crippen molar-refractivity contribution >= 4 is 83.6 Å². The van der Waals surface area contributed by atoms with E-state index in [0.29, 0.717) is 37.7 Å². The number of nitrogens with zero attached hydrogens (tertiary/aromatic N) is 1. The number of unbranched alkanes of at least 4 members (excludes halogenated alkanes) is 1. The Hall–Kier alpha value is -6.95. The first kappa shape index (κ1) is 82.1. The highest BCUT2D eigenvalue weighted by Crippen LogP contribution is 2.21. The van der Waals surface area contributed by atoms with Crippen LogP contribution in [0.2, 0.25) is 0 Å². The van der Waals surface area contributed by atoms with Gasteiger partial charge in [-0.1, -0.05) is 126 Å². The number of rotatable bonds is 41. The summed E-state index contributed by atoms with van der Waals surface area (Å²) in [4.78, 5) is 168. The van der Waals surface area contributed by atoms with Gasteiger partial charge in [-0.05, 0) is 99.5 Å². The highest BCUT2D eigenvalue weighted by atomic mass is 32.1. The highest BCUT2D eigenvalue weighted by molar-refractivity contribution is 7.80. The zero-order valence-corrected chi connectivity index (χ0v) is 57.4. The SMILES string of the molecule is CC[C@H](C)[C@H](NC(=O)[C@H](CC(C)C)NC(=O)[C@@H](N)CS)C(=O)N[C@H](C(=O)N[C@H](C(=O)N[C@@H](CC(C)C)C(=O)N[C@@H](CO)C(=O)N1CCC[C@H]1C(=O)N[C@@H](Cc1ccccc1)C(=O)N[C@H](C(=O)N[C@@H](CCCCN)C(=O)N[C@H](C(=O)O)[C@@H](C)O)C(C)C)[C@@H](C)CC)C(C)C. The fraction of sp³-hybridized carbons (Fsp3) is 0.719. The number of aliphatic hydroxyl groups is 2. The molecule has 1 heterocycles. The summed E-state index contributed by atoms with van der Waals surface area (Å²) in [5.74, 6) is -12.2. The number of nitrogens with one attached hydrogen (secondary N) is 10. The average molecular weight is 1330 g/mol. The predicted molar refractivity (Wildman–Crippen MR) is 353 cm³/mol. The monoisotopic (exact) mass is 1330 g/mol. The third-order valence-corrected chi connectivity index (χ3v) is 16.9. The summed E-state index contributed by atoms with van der Waals surface area (Å²) in [7, 11) is 0. The van der Waals surface area contributed by atoms with Crippen molar-refractivity contribution in [2.45, 2.75) is 233 Å². The van der Waals surface area contributed by atoms with Crippen LogP contribution in [-0.2, 0) is 64.0 Å². The van der Waals surface area contributed by atoms with Gasteiger partial charge in [-0.2, -0.15) is 12.6 Å². The Morgan fingerprint density at radius 2 is 0.968 bits per heavy atom. The number of aliphatic hydroxyl groups excluding tert-OH is 2. The van der Waals surface area contributed by atoms with Crippen molar-refractivity contribution in [3.8, 4) is 0 Å². The van der Waals surface area contributed by atoms with Crippen LogP contribution in [0.4, 0.5) is 0 Å². The van der Waals surface area contributed by atoms with Crippen LogP contribution in [0, 0.1) is 35.5 Å². The molecular formula is C64H109N13O15S. The number of carboxylic acids is 1. The first-order valence-corrected chi connectivity index (χ1v) is 33.3. The summed E-state index contributed by atoms with van der Waals surface area (Å²) in [5.41, 5.74) is 12.2. The van der Waals surface area contributed by atoms with Crippen LogP contribution < -0.4 is 64.6 Å². The van der Waals surface area contributed by atoms with Crippen molar-refractivity contribution < 1.29 is 72.9 Å². The van der Waals surface area contributed by atoms with Crippen LogP contribution in [0.25, 0.3) is 0 Å². The van der Waals surface area contributed by atoms with E-state index < -0.39 is 180 Å². The Morgan fingerprint density at radius 1 is 0.548 bits per heavy atom. The topological polar surface area (TPSA) is 441 Å². The maximum Gasteiger partial charge on any atom is 0.328 e. The molecule has 526 valence electrons. The van der Waals surface area contributed by atoms with Gasteiger partial charge in [0, 0.05) is 18.7 Å². The number of carboxylic acid groups (broad SMARTS) is 1. The molecule has 1 saturated heterocycles. The van der Waals surface area contributed by atoms with Gasteiger partial charge < -0.3 is 84.9 Å². The standard InChI is InChI=1S/C64H109N13O15S/c1-14-37(11)50(75-60(87)49(36(9)10)73-62(89)51(38(12)15-2)74-56(83)44(29-34(5)6)68-53(80)41(66)32-93)61(88)70-43(28-33(3)4)55(82)71-46(31-78)63(90)77-27-21-25-47(77)58(85)69-45(30-40-22-17-16-18-23-40)57(84)72-48(35(7)8)59(86)67-42(24-19-20-26-65)54(81)76-52(39(13)79)64(91)92/h16-18,22-23,33-39,41-52,78-79,93H,14-15,19-21,24-32,65-66H2,1-13H3,(H,67,86)(H,68,80)(H,69,85)(H,70,88)(H,71,82)(H,72,84)(H,73,89)(H,74,83)(H,75,87)(H,76,81)(H,91,92)/t37-,38-,39+,41-,42-,43-,44-,45-,46-,47-,48-,49-,50-,51-,52-/m0/s1. The number of carbonyl (C=O) groups excluding carboxylic acids is 11. The normalized spacial score (nSPS) is 17.7. The van der Waals surface area contributed by atoms with E-state index in [2.05, 4.69) is 65.8 Å². The minimum atomic E-state index is -1.69. The van der Waals surface area contributed by atoms with Crippen molar-refractivity contribution in [2.75, 3.05) is 25.4 Å². The van der Waals surface area contributed by atoms with Crippen LogP contribution in [-0.4, -0.2) is 195 Å². The predicted octanol–water partition coefficient (Wildman–Crippen LogP) is -0.592. The number of carbonyl (C=O) groups is 12. The average Bonchev–Trinajstić information content (AvgIpc) is 1.85. The lowest BCUT2D eigenvalue weighted by Gasteiger charge is -2.32. The smallest absolute Gasteiger partial charge is 0.328 e. The maximum atomic E-state index is 14.5. The van der Waals surface area contributed by atoms with Gasteiger partial charge in [0.15, 0.2) is 6.04 Å². The number of nitrogens with two attached hydrogens (primary N) is 2. The molecule has 1 fully saturated rings. The van der Waals surface area contributed by atoms with Crippen LogP contribution in [0.15, 0.2) is 30.3 Å². The van der Waals surface area contributed by atoms with Gasteiger partial charge in [-0.25, -0.2) is 4.79 Å². The van der Waals surface area contributed by atoms with Crippen molar-refractivity contribution in [1.82, 2.24) is 58.1 Å². The molecule has 0 aliphatic carbocycles. The van der Waals surface area contributed by atoms with Crippen molar-refractivity contribution in [1.29, 1.82) is 0 Å². The van der Waals surface area contributed by atoms with Gasteiger partial charge in [-0.3, -0.25) is 52.7 Å². The minimum Gasteiger partial charge on any atom is -0.480 e. The fourth-order valence-electron chi connectivity index (χ4n) is 10.5. The maximum absolute atomic E-state index is 14.5. The molecule has 17 N–H and O–H groups in total. The molecule has 1 aliphatic rings. The number of benzene rings is 1. The third kappa shape index (κ3) is 26.8. The molecule has 29 heteroatoms. The molecule has 0 radical (unpaired) electrons. The minimum absolute atomic E-state index is 0.0110. The van der Waals surface area contributed by atoms with E-state index in [1.54, 1.807) is 92.6 Å². The fourth-order valence-corrected chi connectivity index (χ4v) is 10.6. The number of likely N-dealkylation sites (tertiary alicyclic amines) is 1. The zero-order chi connectivity index (χ0) is 70.6. The van der Waals surface area contributed by atoms with E-state index in [1.807, 2.05) is 20.8 Å². The first-order chi connectivity index (χ1) is 43.7. The Bertz CT molecular complexity index is 2630. The summed E-state index contributed by atoms with van der Waals surface area (Å²) in [5, 5.41) is 57.0. The molecule has 0 aromatic heterocycles. The molecule has 28 nitrogen and oxygen atoms in total. The van der Waals surface area contributed by atoms with Crippen molar-refractivity contribution in [3.05, 3.63) is 35.9 Å². The number of amides is 11. The third-order valence-electron chi connectivity index (χ3n) is 16.5. The van der Waals surface area contributed by atoms with Gasteiger partial charge in [-0.15, -0.1) is 0 Å². The second-order valence-corrected chi connectivity index (χ2v) is 26.3. The highest BCUT2D eigenvalue weighted by Gasteiger charge is 2.42. The Kier molecular flexibility index (Phi) is 36.2. The van der Waals surface area contributed by atoms with Crippen LogP contribution in [0.5, 0.6) is 0 Å². The number of aliphatic carboxylic acids is 1.